The van der Waals surface area contributed by atoms with Crippen LogP contribution < -0.4 is 0 Å². The molecule has 0 spiro atoms. The third-order valence-corrected chi connectivity index (χ3v) is 6.81. The third kappa shape index (κ3) is 2.87. The molecule has 4 aromatic carbocycles. The number of hydrogen-bond donors (Lipinski definition) is 0. The van der Waals surface area contributed by atoms with Crippen molar-refractivity contribution in [3.63, 3.8) is 0 Å². The summed E-state index contributed by atoms with van der Waals surface area (Å²) in [7, 11) is 0. The number of benzene rings is 4. The number of rotatable bonds is 3. The molecule has 0 bridgehead atoms. The Hall–Kier alpha value is -4.37. The van der Waals surface area contributed by atoms with Crippen LogP contribution in [0.5, 0.6) is 0 Å². The monoisotopic (exact) mass is 437 g/mol. The van der Waals surface area contributed by atoms with Crippen molar-refractivity contribution >= 4 is 38.4 Å². The lowest BCUT2D eigenvalue weighted by molar-refractivity contribution is 0.994. The summed E-state index contributed by atoms with van der Waals surface area (Å²) < 4.78 is 4.65. The van der Waals surface area contributed by atoms with Gasteiger partial charge in [0.1, 0.15) is 0 Å². The Morgan fingerprint density at radius 2 is 1.38 bits per heavy atom. The summed E-state index contributed by atoms with van der Waals surface area (Å²) in [5, 5.41) is 3.85. The number of aromatic nitrogens is 2. The fraction of sp³-hybridized carbons (Fsp3) is 0.0645. The van der Waals surface area contributed by atoms with Crippen molar-refractivity contribution in [2.24, 2.45) is 4.99 Å². The standard InChI is InChI=1S/C31H23N3/c1-2-8-23(9-3-1)33-21-19-26-28(33)17-18-30-31(26)25-10-4-5-12-29(25)34(30)24-15-13-22(14-16-24)27-11-6-7-20-32-27/h1-6,8-19,21H,7,20H2. The first-order valence-corrected chi connectivity index (χ1v) is 11.8. The Balaban J connectivity index is 1.46. The molecular formula is C31H23N3. The first-order valence-electron chi connectivity index (χ1n) is 11.8. The zero-order chi connectivity index (χ0) is 22.5. The molecule has 0 atom stereocenters. The lowest BCUT2D eigenvalue weighted by Crippen LogP contribution is -2.03. The molecule has 0 fully saturated rings. The van der Waals surface area contributed by atoms with Crippen LogP contribution in [0.25, 0.3) is 44.1 Å². The second-order valence-corrected chi connectivity index (χ2v) is 8.77. The van der Waals surface area contributed by atoms with Gasteiger partial charge in [-0.05, 0) is 66.6 Å². The van der Waals surface area contributed by atoms with Gasteiger partial charge in [0, 0.05) is 40.3 Å². The van der Waals surface area contributed by atoms with E-state index in [1.165, 1.54) is 44.0 Å². The highest BCUT2D eigenvalue weighted by molar-refractivity contribution is 6.21. The highest BCUT2D eigenvalue weighted by Gasteiger charge is 2.16. The maximum Gasteiger partial charge on any atom is 0.0643 e. The summed E-state index contributed by atoms with van der Waals surface area (Å²) in [6.07, 6.45) is 7.55. The lowest BCUT2D eigenvalue weighted by Gasteiger charge is -2.11. The smallest absolute Gasteiger partial charge is 0.0643 e. The molecule has 3 nitrogen and oxygen atoms in total. The van der Waals surface area contributed by atoms with Crippen LogP contribution in [-0.4, -0.2) is 21.4 Å². The molecule has 6 aromatic rings. The molecule has 0 saturated heterocycles. The highest BCUT2D eigenvalue weighted by atomic mass is 15.0. The largest absolute Gasteiger partial charge is 0.317 e. The quantitative estimate of drug-likeness (QED) is 0.274. The Kier molecular flexibility index (Phi) is 4.28. The van der Waals surface area contributed by atoms with Crippen molar-refractivity contribution in [2.75, 3.05) is 6.54 Å². The van der Waals surface area contributed by atoms with E-state index in [-0.39, 0.29) is 0 Å². The predicted molar refractivity (Wildman–Crippen MR) is 143 cm³/mol. The topological polar surface area (TPSA) is 22.2 Å². The first-order chi connectivity index (χ1) is 16.9. The lowest BCUT2D eigenvalue weighted by atomic mass is 10.1. The molecule has 1 aliphatic heterocycles. The summed E-state index contributed by atoms with van der Waals surface area (Å²) in [5.41, 5.74) is 8.25. The van der Waals surface area contributed by atoms with Crippen LogP contribution in [0.1, 0.15) is 12.0 Å². The molecule has 162 valence electrons. The molecule has 2 aromatic heterocycles. The SMILES string of the molecule is C1=CC(c2ccc(-n3c4ccccc4c4c5ccn(-c6ccccc6)c5ccc43)cc2)=NCC1. The van der Waals surface area contributed by atoms with Gasteiger partial charge in [0.2, 0.25) is 0 Å². The second kappa shape index (κ2) is 7.60. The maximum absolute atomic E-state index is 4.67. The minimum Gasteiger partial charge on any atom is -0.317 e. The van der Waals surface area contributed by atoms with E-state index >= 15 is 0 Å². The predicted octanol–water partition coefficient (Wildman–Crippen LogP) is 7.48. The Labute approximate surface area is 197 Å². The Bertz CT molecular complexity index is 1730. The van der Waals surface area contributed by atoms with Gasteiger partial charge in [0.25, 0.3) is 0 Å². The molecule has 0 N–H and O–H groups in total. The van der Waals surface area contributed by atoms with Gasteiger partial charge in [-0.15, -0.1) is 0 Å². The van der Waals surface area contributed by atoms with E-state index < -0.39 is 0 Å². The van der Waals surface area contributed by atoms with Crippen molar-refractivity contribution in [3.05, 3.63) is 121 Å². The van der Waals surface area contributed by atoms with Crippen molar-refractivity contribution in [1.29, 1.82) is 0 Å². The molecule has 0 radical (unpaired) electrons. The van der Waals surface area contributed by atoms with Gasteiger partial charge in [0.05, 0.1) is 22.3 Å². The number of fused-ring (bicyclic) bond motifs is 5. The third-order valence-electron chi connectivity index (χ3n) is 6.81. The van der Waals surface area contributed by atoms with Gasteiger partial charge < -0.3 is 9.13 Å². The summed E-state index contributed by atoms with van der Waals surface area (Å²) >= 11 is 0. The minimum absolute atomic E-state index is 0.874. The molecule has 0 unspecified atom stereocenters. The van der Waals surface area contributed by atoms with Crippen LogP contribution in [0.4, 0.5) is 0 Å². The second-order valence-electron chi connectivity index (χ2n) is 8.77. The fourth-order valence-electron chi connectivity index (χ4n) is 5.25. The van der Waals surface area contributed by atoms with Crippen LogP contribution >= 0.6 is 0 Å². The number of nitrogens with zero attached hydrogens (tertiary/aromatic N) is 3. The number of allylic oxidation sites excluding steroid dienone is 1. The Morgan fingerprint density at radius 1 is 0.618 bits per heavy atom. The molecule has 3 heteroatoms. The van der Waals surface area contributed by atoms with E-state index in [1.54, 1.807) is 0 Å². The minimum atomic E-state index is 0.874. The summed E-state index contributed by atoms with van der Waals surface area (Å²) in [4.78, 5) is 4.67. The van der Waals surface area contributed by atoms with Gasteiger partial charge in [-0.25, -0.2) is 0 Å². The number of dihydropyridines is 1. The molecular weight excluding hydrogens is 414 g/mol. The summed E-state index contributed by atoms with van der Waals surface area (Å²) in [6, 6.07) is 34.8. The van der Waals surface area contributed by atoms with Crippen molar-refractivity contribution in [2.45, 2.75) is 6.42 Å². The summed E-state index contributed by atoms with van der Waals surface area (Å²) in [6.45, 7) is 0.874. The van der Waals surface area contributed by atoms with Crippen LogP contribution in [0.3, 0.4) is 0 Å². The Morgan fingerprint density at radius 3 is 2.21 bits per heavy atom. The van der Waals surface area contributed by atoms with Crippen LogP contribution in [0.15, 0.2) is 120 Å². The average molecular weight is 438 g/mol. The molecule has 34 heavy (non-hydrogen) atoms. The summed E-state index contributed by atoms with van der Waals surface area (Å²) in [5.74, 6) is 0. The van der Waals surface area contributed by atoms with E-state index in [9.17, 15) is 0 Å². The maximum atomic E-state index is 4.67. The van der Waals surface area contributed by atoms with E-state index in [4.69, 9.17) is 0 Å². The van der Waals surface area contributed by atoms with Gasteiger partial charge in [-0.3, -0.25) is 4.99 Å². The molecule has 0 aliphatic carbocycles. The molecule has 0 amide bonds. The van der Waals surface area contributed by atoms with Crippen molar-refractivity contribution in [3.8, 4) is 11.4 Å². The van der Waals surface area contributed by atoms with Gasteiger partial charge in [0.15, 0.2) is 0 Å². The van der Waals surface area contributed by atoms with E-state index in [2.05, 4.69) is 130 Å². The fourth-order valence-corrected chi connectivity index (χ4v) is 5.25. The van der Waals surface area contributed by atoms with Gasteiger partial charge >= 0.3 is 0 Å². The molecule has 0 saturated carbocycles. The van der Waals surface area contributed by atoms with Crippen LogP contribution in [-0.2, 0) is 0 Å². The van der Waals surface area contributed by atoms with Crippen molar-refractivity contribution in [1.82, 2.24) is 9.13 Å². The molecule has 3 heterocycles. The first kappa shape index (κ1) is 19.1. The number of aliphatic imine (C=N–C) groups is 1. The normalized spacial score (nSPS) is 13.7. The van der Waals surface area contributed by atoms with Crippen molar-refractivity contribution < 1.29 is 0 Å². The van der Waals surface area contributed by atoms with Crippen LogP contribution in [0.2, 0.25) is 0 Å². The number of hydrogen-bond acceptors (Lipinski definition) is 1. The van der Waals surface area contributed by atoms with E-state index in [0.29, 0.717) is 0 Å². The molecule has 1 aliphatic rings. The van der Waals surface area contributed by atoms with Crippen LogP contribution in [0, 0.1) is 0 Å². The molecule has 7 rings (SSSR count). The zero-order valence-corrected chi connectivity index (χ0v) is 18.7. The van der Waals surface area contributed by atoms with Gasteiger partial charge in [-0.2, -0.15) is 0 Å². The highest BCUT2D eigenvalue weighted by Crippen LogP contribution is 2.37. The van der Waals surface area contributed by atoms with E-state index in [1.807, 2.05) is 0 Å². The van der Waals surface area contributed by atoms with E-state index in [0.717, 1.165) is 24.4 Å². The zero-order valence-electron chi connectivity index (χ0n) is 18.7. The number of para-hydroxylation sites is 2. The average Bonchev–Trinajstić information content (AvgIpc) is 3.49. The van der Waals surface area contributed by atoms with Gasteiger partial charge in [-0.1, -0.05) is 54.6 Å².